The molecule has 9 heteroatoms. The smallest absolute Gasteiger partial charge is 0.416 e. The van der Waals surface area contributed by atoms with Gasteiger partial charge in [0.05, 0.1) is 12.7 Å². The fourth-order valence-electron chi connectivity index (χ4n) is 3.05. The number of carbonyl (C=O) groups is 2. The van der Waals surface area contributed by atoms with Gasteiger partial charge in [0.2, 0.25) is 0 Å². The molecule has 0 heterocycles. The quantitative estimate of drug-likeness (QED) is 0.421. The molecule has 0 aromatic heterocycles. The van der Waals surface area contributed by atoms with Crippen molar-refractivity contribution in [3.63, 3.8) is 0 Å². The molecule has 0 saturated carbocycles. The van der Waals surface area contributed by atoms with Gasteiger partial charge >= 0.3 is 12.1 Å². The number of hydrogen-bond acceptors (Lipinski definition) is 3. The highest BCUT2D eigenvalue weighted by Gasteiger charge is 2.30. The molecule has 3 aromatic carbocycles. The molecule has 3 aromatic rings. The number of hydrogen-bond donors (Lipinski definition) is 1. The lowest BCUT2D eigenvalue weighted by atomic mass is 9.98. The third kappa shape index (κ3) is 4.93. The fourth-order valence-corrected chi connectivity index (χ4v) is 3.05. The Morgan fingerprint density at radius 3 is 2.31 bits per heavy atom. The molecule has 0 radical (unpaired) electrons. The molecular formula is C23H16F5NO3. The van der Waals surface area contributed by atoms with Crippen LogP contribution in [-0.2, 0) is 17.5 Å². The summed E-state index contributed by atoms with van der Waals surface area (Å²) in [6.45, 7) is -0.297. The Balaban J connectivity index is 1.80. The summed E-state index contributed by atoms with van der Waals surface area (Å²) < 4.78 is 71.7. The minimum absolute atomic E-state index is 0.0464. The molecule has 0 saturated heterocycles. The second kappa shape index (κ2) is 9.17. The number of benzene rings is 3. The lowest BCUT2D eigenvalue weighted by Gasteiger charge is -2.12. The number of nitrogens with one attached hydrogen (secondary N) is 1. The first-order valence-electron chi connectivity index (χ1n) is 9.23. The molecular weight excluding hydrogens is 433 g/mol. The fraction of sp³-hybridized carbons (Fsp3) is 0.130. The van der Waals surface area contributed by atoms with E-state index < -0.39 is 35.3 Å². The van der Waals surface area contributed by atoms with Crippen LogP contribution in [0.25, 0.3) is 11.1 Å². The summed E-state index contributed by atoms with van der Waals surface area (Å²) in [6.07, 6.45) is -4.60. The number of ether oxygens (including phenoxy) is 1. The van der Waals surface area contributed by atoms with Gasteiger partial charge in [-0.25, -0.2) is 13.6 Å². The van der Waals surface area contributed by atoms with Crippen LogP contribution in [0.5, 0.6) is 0 Å². The molecule has 1 N–H and O–H groups in total. The normalized spacial score (nSPS) is 11.2. The Hall–Kier alpha value is -3.75. The monoisotopic (exact) mass is 449 g/mol. The number of amides is 1. The van der Waals surface area contributed by atoms with Gasteiger partial charge in [-0.15, -0.1) is 0 Å². The highest BCUT2D eigenvalue weighted by molar-refractivity contribution is 5.97. The van der Waals surface area contributed by atoms with Gasteiger partial charge in [-0.3, -0.25) is 4.79 Å². The van der Waals surface area contributed by atoms with E-state index in [2.05, 4.69) is 10.1 Å². The largest absolute Gasteiger partial charge is 0.465 e. The second-order valence-electron chi connectivity index (χ2n) is 6.72. The molecule has 32 heavy (non-hydrogen) atoms. The summed E-state index contributed by atoms with van der Waals surface area (Å²) in [7, 11) is 1.09. The van der Waals surface area contributed by atoms with Crippen molar-refractivity contribution in [3.8, 4) is 11.1 Å². The minimum Gasteiger partial charge on any atom is -0.465 e. The molecule has 0 aliphatic rings. The number of alkyl halides is 3. The maximum absolute atomic E-state index is 14.6. The zero-order valence-electron chi connectivity index (χ0n) is 16.6. The molecule has 0 fully saturated rings. The molecule has 0 atom stereocenters. The summed E-state index contributed by atoms with van der Waals surface area (Å²) in [5, 5.41) is 2.36. The predicted molar refractivity (Wildman–Crippen MR) is 106 cm³/mol. The zero-order chi connectivity index (χ0) is 23.5. The van der Waals surface area contributed by atoms with Crippen molar-refractivity contribution in [2.24, 2.45) is 0 Å². The Labute approximate surface area is 179 Å². The first kappa shape index (κ1) is 22.9. The maximum atomic E-state index is 14.6. The van der Waals surface area contributed by atoms with Crippen LogP contribution in [0.2, 0.25) is 0 Å². The molecule has 4 nitrogen and oxygen atoms in total. The van der Waals surface area contributed by atoms with E-state index in [1.807, 2.05) is 0 Å². The first-order chi connectivity index (χ1) is 15.1. The predicted octanol–water partition coefficient (Wildman–Crippen LogP) is 5.37. The van der Waals surface area contributed by atoms with Crippen molar-refractivity contribution in [2.45, 2.75) is 12.7 Å². The van der Waals surface area contributed by atoms with Gasteiger partial charge in [-0.2, -0.15) is 13.2 Å². The van der Waals surface area contributed by atoms with Crippen molar-refractivity contribution in [2.75, 3.05) is 7.11 Å². The van der Waals surface area contributed by atoms with Crippen molar-refractivity contribution in [1.29, 1.82) is 0 Å². The third-order valence-electron chi connectivity index (χ3n) is 4.66. The number of esters is 1. The van der Waals surface area contributed by atoms with Crippen LogP contribution in [0.4, 0.5) is 22.0 Å². The van der Waals surface area contributed by atoms with E-state index in [0.29, 0.717) is 6.07 Å². The standard InChI is InChI=1S/C23H16F5NO3/c1-32-22(31)20-17(6-3-7-18(20)24)13-8-9-15(19(25)11-13)12-29-21(30)14-4-2-5-16(10-14)23(26,27)28/h2-11H,12H2,1H3,(H,29,30). The van der Waals surface area contributed by atoms with Gasteiger partial charge in [-0.05, 0) is 41.5 Å². The Morgan fingerprint density at radius 1 is 0.938 bits per heavy atom. The van der Waals surface area contributed by atoms with Crippen LogP contribution in [0.1, 0.15) is 31.8 Å². The lowest BCUT2D eigenvalue weighted by Crippen LogP contribution is -2.23. The number of halogens is 5. The van der Waals surface area contributed by atoms with Crippen LogP contribution in [0, 0.1) is 11.6 Å². The summed E-state index contributed by atoms with van der Waals surface area (Å²) in [5.74, 6) is -3.31. The van der Waals surface area contributed by atoms with Gasteiger partial charge in [0.15, 0.2) is 0 Å². The summed E-state index contributed by atoms with van der Waals surface area (Å²) >= 11 is 0. The molecule has 0 bridgehead atoms. The maximum Gasteiger partial charge on any atom is 0.416 e. The molecule has 0 unspecified atom stereocenters. The van der Waals surface area contributed by atoms with Crippen molar-refractivity contribution < 1.29 is 36.3 Å². The molecule has 0 aliphatic heterocycles. The zero-order valence-corrected chi connectivity index (χ0v) is 16.6. The van der Waals surface area contributed by atoms with E-state index in [1.54, 1.807) is 0 Å². The Bertz CT molecular complexity index is 1170. The number of rotatable bonds is 5. The summed E-state index contributed by atoms with van der Waals surface area (Å²) in [5.41, 5.74) is -1.17. The first-order valence-corrected chi connectivity index (χ1v) is 9.23. The second-order valence-corrected chi connectivity index (χ2v) is 6.72. The van der Waals surface area contributed by atoms with Gasteiger partial charge in [0, 0.05) is 17.7 Å². The van der Waals surface area contributed by atoms with Crippen LogP contribution in [-0.4, -0.2) is 19.0 Å². The molecule has 166 valence electrons. The molecule has 0 spiro atoms. The Kier molecular flexibility index (Phi) is 6.57. The van der Waals surface area contributed by atoms with Gasteiger partial charge in [0.25, 0.3) is 5.91 Å². The number of carbonyl (C=O) groups excluding carboxylic acids is 2. The molecule has 3 rings (SSSR count). The van der Waals surface area contributed by atoms with Gasteiger partial charge < -0.3 is 10.1 Å². The number of methoxy groups -OCH3 is 1. The van der Waals surface area contributed by atoms with E-state index in [0.717, 1.165) is 31.4 Å². The van der Waals surface area contributed by atoms with Crippen molar-refractivity contribution >= 4 is 11.9 Å². The topological polar surface area (TPSA) is 55.4 Å². The molecule has 0 aliphatic carbocycles. The van der Waals surface area contributed by atoms with Gasteiger partial charge in [0.1, 0.15) is 17.2 Å². The van der Waals surface area contributed by atoms with Crippen LogP contribution in [0.15, 0.2) is 60.7 Å². The van der Waals surface area contributed by atoms with Crippen molar-refractivity contribution in [3.05, 3.63) is 94.6 Å². The van der Waals surface area contributed by atoms with E-state index in [1.165, 1.54) is 30.3 Å². The highest BCUT2D eigenvalue weighted by Crippen LogP contribution is 2.30. The summed E-state index contributed by atoms with van der Waals surface area (Å²) in [6, 6.07) is 11.5. The van der Waals surface area contributed by atoms with E-state index in [4.69, 9.17) is 0 Å². The van der Waals surface area contributed by atoms with Crippen molar-refractivity contribution in [1.82, 2.24) is 5.32 Å². The average Bonchev–Trinajstić information content (AvgIpc) is 2.76. The summed E-state index contributed by atoms with van der Waals surface area (Å²) in [4.78, 5) is 24.1. The van der Waals surface area contributed by atoms with E-state index >= 15 is 0 Å². The minimum atomic E-state index is -4.60. The SMILES string of the molecule is COC(=O)c1c(F)cccc1-c1ccc(CNC(=O)c2cccc(C(F)(F)F)c2)c(F)c1. The van der Waals surface area contributed by atoms with Crippen LogP contribution >= 0.6 is 0 Å². The molecule has 1 amide bonds. The Morgan fingerprint density at radius 2 is 1.66 bits per heavy atom. The third-order valence-corrected chi connectivity index (χ3v) is 4.66. The van der Waals surface area contributed by atoms with E-state index in [9.17, 15) is 31.5 Å². The van der Waals surface area contributed by atoms with Gasteiger partial charge in [-0.1, -0.05) is 30.3 Å². The highest BCUT2D eigenvalue weighted by atomic mass is 19.4. The average molecular weight is 449 g/mol. The van der Waals surface area contributed by atoms with E-state index in [-0.39, 0.29) is 34.4 Å². The van der Waals surface area contributed by atoms with Crippen LogP contribution < -0.4 is 5.32 Å². The lowest BCUT2D eigenvalue weighted by molar-refractivity contribution is -0.137. The van der Waals surface area contributed by atoms with Crippen LogP contribution in [0.3, 0.4) is 0 Å².